The molecule has 0 aromatic heterocycles. The van der Waals surface area contributed by atoms with E-state index in [9.17, 15) is 5.11 Å². The second-order valence-corrected chi connectivity index (χ2v) is 6.03. The van der Waals surface area contributed by atoms with Gasteiger partial charge in [-0.2, -0.15) is 0 Å². The number of methoxy groups -OCH3 is 2. The molecule has 0 bridgehead atoms. The predicted octanol–water partition coefficient (Wildman–Crippen LogP) is 3.99. The first-order chi connectivity index (χ1) is 13.6. The van der Waals surface area contributed by atoms with E-state index in [2.05, 4.69) is 23.7 Å². The van der Waals surface area contributed by atoms with Crippen molar-refractivity contribution in [3.8, 4) is 35.2 Å². The summed E-state index contributed by atoms with van der Waals surface area (Å²) in [5, 5.41) is 11.2. The highest BCUT2D eigenvalue weighted by Gasteiger charge is 2.24. The highest BCUT2D eigenvalue weighted by atomic mass is 16.5. The van der Waals surface area contributed by atoms with Gasteiger partial charge in [0.15, 0.2) is 0 Å². The van der Waals surface area contributed by atoms with Crippen LogP contribution in [0.1, 0.15) is 16.7 Å². The molecule has 0 spiro atoms. The average molecular weight is 368 g/mol. The third-order valence-electron chi connectivity index (χ3n) is 4.15. The Hall–Kier alpha value is -3.66. The molecule has 0 aliphatic rings. The van der Waals surface area contributed by atoms with Crippen molar-refractivity contribution in [2.45, 2.75) is 5.60 Å². The molecule has 0 aliphatic carbocycles. The van der Waals surface area contributed by atoms with Crippen molar-refractivity contribution in [2.24, 2.45) is 0 Å². The first kappa shape index (κ1) is 19.1. The summed E-state index contributed by atoms with van der Waals surface area (Å²) < 4.78 is 10.3. The zero-order chi connectivity index (χ0) is 19.8. The minimum absolute atomic E-state index is 0.622. The molecule has 3 rings (SSSR count). The van der Waals surface area contributed by atoms with Gasteiger partial charge in [0, 0.05) is 16.7 Å². The van der Waals surface area contributed by atoms with Crippen molar-refractivity contribution in [3.63, 3.8) is 0 Å². The molecule has 3 aromatic rings. The summed E-state index contributed by atoms with van der Waals surface area (Å²) in [4.78, 5) is 0. The van der Waals surface area contributed by atoms with Crippen molar-refractivity contribution in [2.75, 3.05) is 14.2 Å². The lowest BCUT2D eigenvalue weighted by Gasteiger charge is -2.15. The summed E-state index contributed by atoms with van der Waals surface area (Å²) in [7, 11) is 3.23. The van der Waals surface area contributed by atoms with E-state index in [1.54, 1.807) is 14.2 Å². The third kappa shape index (κ3) is 4.74. The largest absolute Gasteiger partial charge is 0.497 e. The maximum absolute atomic E-state index is 11.2. The van der Waals surface area contributed by atoms with Crippen LogP contribution in [0.3, 0.4) is 0 Å². The molecule has 3 aromatic carbocycles. The van der Waals surface area contributed by atoms with Crippen LogP contribution < -0.4 is 9.47 Å². The van der Waals surface area contributed by atoms with Crippen LogP contribution in [-0.4, -0.2) is 19.3 Å². The van der Waals surface area contributed by atoms with Crippen molar-refractivity contribution in [3.05, 3.63) is 95.6 Å². The number of hydrogen-bond donors (Lipinski definition) is 1. The van der Waals surface area contributed by atoms with Gasteiger partial charge in [0.1, 0.15) is 11.5 Å². The highest BCUT2D eigenvalue weighted by molar-refractivity contribution is 5.49. The lowest BCUT2D eigenvalue weighted by atomic mass is 9.94. The van der Waals surface area contributed by atoms with Gasteiger partial charge < -0.3 is 14.6 Å². The van der Waals surface area contributed by atoms with E-state index in [0.29, 0.717) is 5.56 Å². The summed E-state index contributed by atoms with van der Waals surface area (Å²) in [6.07, 6.45) is 0. The van der Waals surface area contributed by atoms with Gasteiger partial charge in [0.2, 0.25) is 5.60 Å². The summed E-state index contributed by atoms with van der Waals surface area (Å²) in [6.45, 7) is 0. The maximum atomic E-state index is 11.2. The van der Waals surface area contributed by atoms with Crippen LogP contribution >= 0.6 is 0 Å². The van der Waals surface area contributed by atoms with Gasteiger partial charge >= 0.3 is 0 Å². The molecule has 0 atom stereocenters. The molecule has 0 aliphatic heterocycles. The molecule has 0 heterocycles. The molecular weight excluding hydrogens is 348 g/mol. The minimum Gasteiger partial charge on any atom is -0.497 e. The van der Waals surface area contributed by atoms with Crippen molar-refractivity contribution in [1.82, 2.24) is 0 Å². The van der Waals surface area contributed by atoms with E-state index >= 15 is 0 Å². The van der Waals surface area contributed by atoms with Gasteiger partial charge in [-0.05, 0) is 60.4 Å². The van der Waals surface area contributed by atoms with E-state index in [0.717, 1.165) is 22.6 Å². The number of aliphatic hydroxyl groups is 1. The first-order valence-corrected chi connectivity index (χ1v) is 8.75. The van der Waals surface area contributed by atoms with Crippen molar-refractivity contribution in [1.29, 1.82) is 0 Å². The van der Waals surface area contributed by atoms with Gasteiger partial charge in [-0.3, -0.25) is 0 Å². The first-order valence-electron chi connectivity index (χ1n) is 8.75. The van der Waals surface area contributed by atoms with Gasteiger partial charge in [-0.25, -0.2) is 0 Å². The van der Waals surface area contributed by atoms with E-state index < -0.39 is 5.60 Å². The summed E-state index contributed by atoms with van der Waals surface area (Å²) in [6, 6.07) is 23.9. The van der Waals surface area contributed by atoms with Crippen LogP contribution in [0.25, 0.3) is 0 Å². The van der Waals surface area contributed by atoms with Crippen LogP contribution in [0.4, 0.5) is 0 Å². The molecule has 0 radical (unpaired) electrons. The third-order valence-corrected chi connectivity index (χ3v) is 4.15. The normalized spacial score (nSPS) is 10.1. The number of hydrogen-bond acceptors (Lipinski definition) is 3. The van der Waals surface area contributed by atoms with Crippen LogP contribution in [0.2, 0.25) is 0 Å². The van der Waals surface area contributed by atoms with Crippen LogP contribution in [0.5, 0.6) is 11.5 Å². The molecule has 0 fully saturated rings. The average Bonchev–Trinajstić information content (AvgIpc) is 2.77. The molecule has 3 nitrogen and oxygen atoms in total. The summed E-state index contributed by atoms with van der Waals surface area (Å²) >= 11 is 0. The Morgan fingerprint density at radius 1 is 0.643 bits per heavy atom. The van der Waals surface area contributed by atoms with E-state index in [-0.39, 0.29) is 0 Å². The fraction of sp³-hybridized carbons (Fsp3) is 0.120. The van der Waals surface area contributed by atoms with Crippen molar-refractivity contribution < 1.29 is 14.6 Å². The van der Waals surface area contributed by atoms with Crippen molar-refractivity contribution >= 4 is 0 Å². The number of benzene rings is 3. The fourth-order valence-corrected chi connectivity index (χ4v) is 2.53. The SMILES string of the molecule is COc1ccc(C#CC(O)(C#Cc2ccc(OC)cc2)c2ccccc2)cc1. The molecule has 1 N–H and O–H groups in total. The predicted molar refractivity (Wildman–Crippen MR) is 110 cm³/mol. The quantitative estimate of drug-likeness (QED) is 0.711. The van der Waals surface area contributed by atoms with E-state index in [4.69, 9.17) is 9.47 Å². The van der Waals surface area contributed by atoms with Gasteiger partial charge in [-0.15, -0.1) is 0 Å². The molecule has 0 unspecified atom stereocenters. The Kier molecular flexibility index (Phi) is 6.02. The lowest BCUT2D eigenvalue weighted by molar-refractivity contribution is 0.165. The second kappa shape index (κ2) is 8.82. The minimum atomic E-state index is -1.60. The smallest absolute Gasteiger partial charge is 0.214 e. The highest BCUT2D eigenvalue weighted by Crippen LogP contribution is 2.20. The lowest BCUT2D eigenvalue weighted by Crippen LogP contribution is -2.21. The fourth-order valence-electron chi connectivity index (χ4n) is 2.53. The molecule has 0 amide bonds. The molecule has 3 heteroatoms. The van der Waals surface area contributed by atoms with Crippen LogP contribution in [0, 0.1) is 23.7 Å². The second-order valence-electron chi connectivity index (χ2n) is 6.03. The Bertz CT molecular complexity index is 963. The number of ether oxygens (including phenoxy) is 2. The van der Waals surface area contributed by atoms with Gasteiger partial charge in [0.05, 0.1) is 14.2 Å². The number of rotatable bonds is 3. The molecule has 0 saturated heterocycles. The van der Waals surface area contributed by atoms with Crippen LogP contribution in [-0.2, 0) is 5.60 Å². The Morgan fingerprint density at radius 2 is 1.07 bits per heavy atom. The maximum Gasteiger partial charge on any atom is 0.214 e. The Morgan fingerprint density at radius 3 is 1.46 bits per heavy atom. The Balaban J connectivity index is 1.97. The zero-order valence-electron chi connectivity index (χ0n) is 15.8. The zero-order valence-corrected chi connectivity index (χ0v) is 15.8. The molecule has 28 heavy (non-hydrogen) atoms. The van der Waals surface area contributed by atoms with Gasteiger partial charge in [0.25, 0.3) is 0 Å². The molecule has 0 saturated carbocycles. The topological polar surface area (TPSA) is 38.7 Å². The van der Waals surface area contributed by atoms with E-state index in [1.165, 1.54) is 0 Å². The summed E-state index contributed by atoms with van der Waals surface area (Å²) in [5.41, 5.74) is 0.557. The standard InChI is InChI=1S/C25H20O3/c1-27-23-12-8-20(9-13-23)16-18-25(26,22-6-4-3-5-7-22)19-17-21-10-14-24(28-2)15-11-21/h3-15,26H,1-2H3. The Labute approximate surface area is 165 Å². The van der Waals surface area contributed by atoms with Gasteiger partial charge in [-0.1, -0.05) is 42.2 Å². The summed E-state index contributed by atoms with van der Waals surface area (Å²) in [5.74, 6) is 13.4. The molecular formula is C25H20O3. The van der Waals surface area contributed by atoms with Crippen LogP contribution in [0.15, 0.2) is 78.9 Å². The monoisotopic (exact) mass is 368 g/mol. The molecule has 138 valence electrons. The van der Waals surface area contributed by atoms with E-state index in [1.807, 2.05) is 78.9 Å².